The van der Waals surface area contributed by atoms with Gasteiger partial charge in [-0.3, -0.25) is 14.3 Å². The van der Waals surface area contributed by atoms with Crippen LogP contribution in [0.1, 0.15) is 35.5 Å². The van der Waals surface area contributed by atoms with Crippen molar-refractivity contribution in [3.05, 3.63) is 47.4 Å². The van der Waals surface area contributed by atoms with Gasteiger partial charge in [-0.2, -0.15) is 0 Å². The Labute approximate surface area is 149 Å². The third-order valence-electron chi connectivity index (χ3n) is 5.08. The third-order valence-corrected chi connectivity index (χ3v) is 5.08. The van der Waals surface area contributed by atoms with Crippen LogP contribution in [0.5, 0.6) is 0 Å². The molecule has 1 amide bonds. The van der Waals surface area contributed by atoms with Gasteiger partial charge in [0, 0.05) is 12.1 Å². The van der Waals surface area contributed by atoms with Crippen molar-refractivity contribution in [2.24, 2.45) is 0 Å². The molecule has 4 heterocycles. The number of cyclic esters (lactones) is 1. The number of amides is 1. The van der Waals surface area contributed by atoms with Gasteiger partial charge in [-0.25, -0.2) is 14.8 Å². The van der Waals surface area contributed by atoms with Crippen LogP contribution in [-0.2, 0) is 16.8 Å². The predicted molar refractivity (Wildman–Crippen MR) is 94.8 cm³/mol. The Morgan fingerprint density at radius 1 is 1.23 bits per heavy atom. The molecule has 2 aliphatic heterocycles. The van der Waals surface area contributed by atoms with Gasteiger partial charge in [-0.1, -0.05) is 6.07 Å². The number of hydrogen-bond donors (Lipinski definition) is 0. The summed E-state index contributed by atoms with van der Waals surface area (Å²) in [5.41, 5.74) is 4.72. The molecule has 0 unspecified atom stereocenters. The summed E-state index contributed by atoms with van der Waals surface area (Å²) in [5.74, 6) is 0. The molecule has 1 aromatic carbocycles. The average Bonchev–Trinajstić information content (AvgIpc) is 3.23. The maximum Gasteiger partial charge on any atom is 0.415 e. The molecule has 0 fully saturated rings. The van der Waals surface area contributed by atoms with Crippen LogP contribution in [0.15, 0.2) is 30.6 Å². The van der Waals surface area contributed by atoms with Crippen molar-refractivity contribution in [1.29, 1.82) is 0 Å². The Hall–Kier alpha value is -3.22. The Bertz CT molecular complexity index is 1100. The predicted octanol–water partition coefficient (Wildman–Crippen LogP) is 2.98. The molecule has 0 N–H and O–H groups in total. The van der Waals surface area contributed by atoms with Gasteiger partial charge >= 0.3 is 6.09 Å². The van der Waals surface area contributed by atoms with E-state index in [0.29, 0.717) is 23.4 Å². The molecule has 0 saturated carbocycles. The fourth-order valence-electron chi connectivity index (χ4n) is 3.93. The van der Waals surface area contributed by atoms with E-state index in [2.05, 4.69) is 9.97 Å². The Kier molecular flexibility index (Phi) is 2.84. The van der Waals surface area contributed by atoms with E-state index in [0.717, 1.165) is 35.2 Å². The van der Waals surface area contributed by atoms with Gasteiger partial charge in [0.05, 0.1) is 11.4 Å². The summed E-state index contributed by atoms with van der Waals surface area (Å²) in [6.45, 7) is 4.41. The van der Waals surface area contributed by atoms with Gasteiger partial charge in [-0.15, -0.1) is 0 Å². The Morgan fingerprint density at radius 3 is 2.88 bits per heavy atom. The van der Waals surface area contributed by atoms with Crippen molar-refractivity contribution in [2.45, 2.75) is 25.9 Å². The second-order valence-electron chi connectivity index (χ2n) is 7.06. The van der Waals surface area contributed by atoms with Crippen molar-refractivity contribution >= 4 is 29.2 Å². The molecule has 5 rings (SSSR count). The summed E-state index contributed by atoms with van der Waals surface area (Å²) in [7, 11) is 0. The number of anilines is 1. The van der Waals surface area contributed by atoms with Gasteiger partial charge < -0.3 is 4.74 Å². The Morgan fingerprint density at radius 2 is 2.08 bits per heavy atom. The zero-order chi connectivity index (χ0) is 18.1. The molecular formula is C19H16N4O3. The second-order valence-corrected chi connectivity index (χ2v) is 7.06. The standard InChI is InChI=1S/C19H16N4O3/c1-19(2)15-14(6-3-11-7-8-22(16(11)15)18(25)26-19)23-10-20-13-5-4-12(9-24)21-17(13)23/h3-6,9-10H,7-8H2,1-2H3. The highest BCUT2D eigenvalue weighted by Crippen LogP contribution is 2.47. The topological polar surface area (TPSA) is 77.3 Å². The normalized spacial score (nSPS) is 17.3. The van der Waals surface area contributed by atoms with Crippen LogP contribution >= 0.6 is 0 Å². The van der Waals surface area contributed by atoms with Crippen LogP contribution < -0.4 is 4.90 Å². The van der Waals surface area contributed by atoms with Crippen molar-refractivity contribution in [3.63, 3.8) is 0 Å². The fraction of sp³-hybridized carbons (Fsp3) is 0.263. The molecule has 3 aromatic rings. The van der Waals surface area contributed by atoms with Crippen LogP contribution in [-0.4, -0.2) is 33.5 Å². The summed E-state index contributed by atoms with van der Waals surface area (Å²) in [4.78, 5) is 34.0. The number of benzene rings is 1. The second kappa shape index (κ2) is 4.91. The van der Waals surface area contributed by atoms with E-state index in [4.69, 9.17) is 4.74 Å². The van der Waals surface area contributed by atoms with Crippen molar-refractivity contribution in [3.8, 4) is 5.69 Å². The van der Waals surface area contributed by atoms with Gasteiger partial charge in [0.2, 0.25) is 0 Å². The zero-order valence-electron chi connectivity index (χ0n) is 14.4. The highest BCUT2D eigenvalue weighted by Gasteiger charge is 2.44. The largest absolute Gasteiger partial charge is 0.438 e. The highest BCUT2D eigenvalue weighted by molar-refractivity contribution is 5.96. The molecule has 0 bridgehead atoms. The van der Waals surface area contributed by atoms with E-state index >= 15 is 0 Å². The summed E-state index contributed by atoms with van der Waals surface area (Å²) >= 11 is 0. The summed E-state index contributed by atoms with van der Waals surface area (Å²) in [6.07, 6.45) is 2.91. The van der Waals surface area contributed by atoms with E-state index < -0.39 is 5.60 Å². The third kappa shape index (κ3) is 1.88. The number of carbonyl (C=O) groups excluding carboxylic acids is 2. The maximum absolute atomic E-state index is 12.4. The van der Waals surface area contributed by atoms with Crippen LogP contribution in [0.2, 0.25) is 0 Å². The number of aldehydes is 1. The minimum absolute atomic E-state index is 0.310. The lowest BCUT2D eigenvalue weighted by Gasteiger charge is -2.38. The minimum atomic E-state index is -0.780. The van der Waals surface area contributed by atoms with Gasteiger partial charge in [-0.05, 0) is 44.0 Å². The van der Waals surface area contributed by atoms with Gasteiger partial charge in [0.25, 0.3) is 0 Å². The number of imidazole rings is 1. The van der Waals surface area contributed by atoms with Crippen molar-refractivity contribution in [1.82, 2.24) is 14.5 Å². The smallest absolute Gasteiger partial charge is 0.415 e. The number of pyridine rings is 1. The molecular weight excluding hydrogens is 332 g/mol. The lowest BCUT2D eigenvalue weighted by atomic mass is 9.90. The first kappa shape index (κ1) is 15.1. The number of ether oxygens (including phenoxy) is 1. The first-order valence-corrected chi connectivity index (χ1v) is 8.46. The molecule has 2 aromatic heterocycles. The summed E-state index contributed by atoms with van der Waals surface area (Å²) in [6, 6.07) is 7.47. The molecule has 0 spiro atoms. The molecule has 7 heteroatoms. The number of hydrogen-bond acceptors (Lipinski definition) is 5. The molecule has 26 heavy (non-hydrogen) atoms. The number of aromatic nitrogens is 3. The molecule has 130 valence electrons. The SMILES string of the molecule is CC1(C)OC(=O)N2CCc3ccc(-n4cnc5ccc(C=O)nc54)c1c32. The van der Waals surface area contributed by atoms with Crippen LogP contribution in [0.4, 0.5) is 10.5 Å². The number of rotatable bonds is 2. The molecule has 2 aliphatic rings. The van der Waals surface area contributed by atoms with Crippen LogP contribution in [0.3, 0.4) is 0 Å². The van der Waals surface area contributed by atoms with Crippen molar-refractivity contribution in [2.75, 3.05) is 11.4 Å². The first-order chi connectivity index (χ1) is 12.5. The zero-order valence-corrected chi connectivity index (χ0v) is 14.4. The van der Waals surface area contributed by atoms with Gasteiger partial charge in [0.1, 0.15) is 23.1 Å². The molecule has 7 nitrogen and oxygen atoms in total. The number of carbonyl (C=O) groups is 2. The molecule has 0 saturated heterocycles. The number of nitrogens with zero attached hydrogens (tertiary/aromatic N) is 4. The lowest BCUT2D eigenvalue weighted by molar-refractivity contribution is 0.0358. The van der Waals surface area contributed by atoms with E-state index in [9.17, 15) is 9.59 Å². The summed E-state index contributed by atoms with van der Waals surface area (Å²) < 4.78 is 7.57. The van der Waals surface area contributed by atoms with E-state index in [1.54, 1.807) is 23.4 Å². The maximum atomic E-state index is 12.4. The van der Waals surface area contributed by atoms with Crippen molar-refractivity contribution < 1.29 is 14.3 Å². The first-order valence-electron chi connectivity index (χ1n) is 8.46. The lowest BCUT2D eigenvalue weighted by Crippen LogP contribution is -2.42. The van der Waals surface area contributed by atoms with E-state index in [-0.39, 0.29) is 6.09 Å². The molecule has 0 radical (unpaired) electrons. The highest BCUT2D eigenvalue weighted by atomic mass is 16.6. The minimum Gasteiger partial charge on any atom is -0.438 e. The molecule has 0 aliphatic carbocycles. The fourth-order valence-corrected chi connectivity index (χ4v) is 3.93. The van der Waals surface area contributed by atoms with Gasteiger partial charge in [0.15, 0.2) is 11.9 Å². The summed E-state index contributed by atoms with van der Waals surface area (Å²) in [5, 5.41) is 0. The molecule has 0 atom stereocenters. The number of fused-ring (bicyclic) bond motifs is 1. The Balaban J connectivity index is 1.83. The quantitative estimate of drug-likeness (QED) is 0.665. The average molecular weight is 348 g/mol. The van der Waals surface area contributed by atoms with E-state index in [1.807, 2.05) is 30.5 Å². The monoisotopic (exact) mass is 348 g/mol. The van der Waals surface area contributed by atoms with Crippen LogP contribution in [0, 0.1) is 0 Å². The van der Waals surface area contributed by atoms with Crippen LogP contribution in [0.25, 0.3) is 16.9 Å². The van der Waals surface area contributed by atoms with E-state index in [1.165, 1.54) is 0 Å².